The maximum atomic E-state index is 10.4. The van der Waals surface area contributed by atoms with Crippen LogP contribution in [0.3, 0.4) is 0 Å². The predicted molar refractivity (Wildman–Crippen MR) is 84.1 cm³/mol. The van der Waals surface area contributed by atoms with E-state index >= 15 is 0 Å². The lowest BCUT2D eigenvalue weighted by molar-refractivity contribution is 0.0143. The summed E-state index contributed by atoms with van der Waals surface area (Å²) in [7, 11) is 0. The number of hydrogen-bond acceptors (Lipinski definition) is 3. The molecule has 110 valence electrons. The number of hydrogen-bond donors (Lipinski definition) is 1. The molecule has 1 heterocycles. The largest absolute Gasteiger partial charge is 0.387 e. The van der Waals surface area contributed by atoms with Crippen LogP contribution in [0.5, 0.6) is 0 Å². The molecule has 1 aliphatic heterocycles. The van der Waals surface area contributed by atoms with E-state index in [1.807, 2.05) is 30.3 Å². The highest BCUT2D eigenvalue weighted by molar-refractivity contribution is 5.63. The quantitative estimate of drug-likeness (QED) is 0.936. The summed E-state index contributed by atoms with van der Waals surface area (Å²) in [5.41, 5.74) is 3.35. The van der Waals surface area contributed by atoms with E-state index in [0.29, 0.717) is 6.54 Å². The summed E-state index contributed by atoms with van der Waals surface area (Å²) in [5, 5.41) is 10.4. The second-order valence-corrected chi connectivity index (χ2v) is 5.42. The maximum absolute atomic E-state index is 10.4. The minimum atomic E-state index is -0.437. The van der Waals surface area contributed by atoms with Gasteiger partial charge in [0.2, 0.25) is 0 Å². The van der Waals surface area contributed by atoms with Crippen molar-refractivity contribution in [1.29, 1.82) is 0 Å². The SMILES string of the molecule is OC(CN1CCOCC1)c1ccc(-c2ccccc2)cc1. The normalized spacial score (nSPS) is 17.6. The molecule has 0 radical (unpaired) electrons. The van der Waals surface area contributed by atoms with Crippen LogP contribution in [0.25, 0.3) is 11.1 Å². The van der Waals surface area contributed by atoms with Crippen molar-refractivity contribution in [1.82, 2.24) is 4.90 Å². The number of rotatable bonds is 4. The molecule has 3 heteroatoms. The number of aliphatic hydroxyl groups is 1. The van der Waals surface area contributed by atoms with Gasteiger partial charge in [-0.05, 0) is 16.7 Å². The van der Waals surface area contributed by atoms with Crippen LogP contribution in [-0.2, 0) is 4.74 Å². The van der Waals surface area contributed by atoms with Crippen LogP contribution >= 0.6 is 0 Å². The van der Waals surface area contributed by atoms with Gasteiger partial charge in [0.15, 0.2) is 0 Å². The average molecular weight is 283 g/mol. The first-order chi connectivity index (χ1) is 10.3. The number of nitrogens with zero attached hydrogens (tertiary/aromatic N) is 1. The average Bonchev–Trinajstić information content (AvgIpc) is 2.57. The molecule has 0 saturated carbocycles. The molecule has 1 aliphatic rings. The highest BCUT2D eigenvalue weighted by Crippen LogP contribution is 2.22. The number of benzene rings is 2. The standard InChI is InChI=1S/C18H21NO2/c20-18(14-19-10-12-21-13-11-19)17-8-6-16(7-9-17)15-4-2-1-3-5-15/h1-9,18,20H,10-14H2. The molecule has 1 unspecified atom stereocenters. The molecule has 3 nitrogen and oxygen atoms in total. The Balaban J connectivity index is 1.66. The molecular weight excluding hydrogens is 262 g/mol. The molecular formula is C18H21NO2. The molecule has 1 saturated heterocycles. The van der Waals surface area contributed by atoms with Gasteiger partial charge in [0.1, 0.15) is 0 Å². The summed E-state index contributed by atoms with van der Waals surface area (Å²) in [6, 6.07) is 18.5. The number of morpholine rings is 1. The van der Waals surface area contributed by atoms with E-state index < -0.39 is 6.10 Å². The second-order valence-electron chi connectivity index (χ2n) is 5.42. The van der Waals surface area contributed by atoms with Crippen LogP contribution in [0.1, 0.15) is 11.7 Å². The van der Waals surface area contributed by atoms with E-state index in [-0.39, 0.29) is 0 Å². The van der Waals surface area contributed by atoms with Crippen LogP contribution in [0, 0.1) is 0 Å². The molecule has 0 bridgehead atoms. The van der Waals surface area contributed by atoms with Gasteiger partial charge in [-0.3, -0.25) is 4.90 Å². The van der Waals surface area contributed by atoms with Gasteiger partial charge < -0.3 is 9.84 Å². The lowest BCUT2D eigenvalue weighted by atomic mass is 10.0. The van der Waals surface area contributed by atoms with Crippen molar-refractivity contribution in [2.24, 2.45) is 0 Å². The van der Waals surface area contributed by atoms with E-state index in [1.165, 1.54) is 11.1 Å². The van der Waals surface area contributed by atoms with Crippen molar-refractivity contribution >= 4 is 0 Å². The topological polar surface area (TPSA) is 32.7 Å². The fraction of sp³-hybridized carbons (Fsp3) is 0.333. The van der Waals surface area contributed by atoms with Gasteiger partial charge in [-0.1, -0.05) is 54.6 Å². The molecule has 2 aromatic carbocycles. The second kappa shape index (κ2) is 6.85. The summed E-state index contributed by atoms with van der Waals surface area (Å²) in [6.07, 6.45) is -0.437. The molecule has 0 spiro atoms. The molecule has 1 fully saturated rings. The monoisotopic (exact) mass is 283 g/mol. The third-order valence-corrected chi connectivity index (χ3v) is 3.94. The third-order valence-electron chi connectivity index (χ3n) is 3.94. The Bertz CT molecular complexity index is 547. The number of ether oxygens (including phenoxy) is 1. The Hall–Kier alpha value is -1.68. The minimum absolute atomic E-state index is 0.437. The maximum Gasteiger partial charge on any atom is 0.0916 e. The van der Waals surface area contributed by atoms with Crippen LogP contribution in [0.15, 0.2) is 54.6 Å². The minimum Gasteiger partial charge on any atom is -0.387 e. The molecule has 2 aromatic rings. The molecule has 3 rings (SSSR count). The summed E-state index contributed by atoms with van der Waals surface area (Å²) in [5.74, 6) is 0. The first-order valence-electron chi connectivity index (χ1n) is 7.46. The Labute approximate surface area is 125 Å². The van der Waals surface area contributed by atoms with E-state index in [2.05, 4.69) is 29.2 Å². The fourth-order valence-corrected chi connectivity index (χ4v) is 2.66. The summed E-state index contributed by atoms with van der Waals surface area (Å²) < 4.78 is 5.33. The molecule has 0 amide bonds. The Kier molecular flexibility index (Phi) is 4.65. The van der Waals surface area contributed by atoms with Crippen molar-refractivity contribution in [3.63, 3.8) is 0 Å². The number of aliphatic hydroxyl groups excluding tert-OH is 1. The zero-order valence-corrected chi connectivity index (χ0v) is 12.1. The first kappa shape index (κ1) is 14.3. The third kappa shape index (κ3) is 3.70. The Morgan fingerprint density at radius 3 is 2.19 bits per heavy atom. The van der Waals surface area contributed by atoms with Gasteiger partial charge in [0.25, 0.3) is 0 Å². The van der Waals surface area contributed by atoms with Crippen molar-refractivity contribution in [2.45, 2.75) is 6.10 Å². The lowest BCUT2D eigenvalue weighted by Crippen LogP contribution is -2.38. The van der Waals surface area contributed by atoms with E-state index in [4.69, 9.17) is 4.74 Å². The highest BCUT2D eigenvalue weighted by Gasteiger charge is 2.16. The zero-order chi connectivity index (χ0) is 14.5. The van der Waals surface area contributed by atoms with Gasteiger partial charge in [-0.25, -0.2) is 0 Å². The van der Waals surface area contributed by atoms with Crippen molar-refractivity contribution in [3.8, 4) is 11.1 Å². The Morgan fingerprint density at radius 2 is 1.52 bits per heavy atom. The van der Waals surface area contributed by atoms with Crippen LogP contribution in [0.4, 0.5) is 0 Å². The van der Waals surface area contributed by atoms with Gasteiger partial charge in [-0.2, -0.15) is 0 Å². The molecule has 0 aliphatic carbocycles. The summed E-state index contributed by atoms with van der Waals surface area (Å²) in [4.78, 5) is 2.25. The fourth-order valence-electron chi connectivity index (χ4n) is 2.66. The van der Waals surface area contributed by atoms with Crippen LogP contribution in [-0.4, -0.2) is 42.9 Å². The highest BCUT2D eigenvalue weighted by atomic mass is 16.5. The van der Waals surface area contributed by atoms with Gasteiger partial charge in [-0.15, -0.1) is 0 Å². The molecule has 0 aromatic heterocycles. The van der Waals surface area contributed by atoms with Gasteiger partial charge in [0.05, 0.1) is 19.3 Å². The van der Waals surface area contributed by atoms with E-state index in [9.17, 15) is 5.11 Å². The predicted octanol–water partition coefficient (Wildman–Crippen LogP) is 2.72. The van der Waals surface area contributed by atoms with Gasteiger partial charge in [0, 0.05) is 19.6 Å². The van der Waals surface area contributed by atoms with Crippen molar-refractivity contribution < 1.29 is 9.84 Å². The molecule has 21 heavy (non-hydrogen) atoms. The first-order valence-corrected chi connectivity index (χ1v) is 7.46. The smallest absolute Gasteiger partial charge is 0.0916 e. The van der Waals surface area contributed by atoms with Crippen molar-refractivity contribution in [2.75, 3.05) is 32.8 Å². The summed E-state index contributed by atoms with van der Waals surface area (Å²) >= 11 is 0. The summed E-state index contributed by atoms with van der Waals surface area (Å²) in [6.45, 7) is 4.01. The van der Waals surface area contributed by atoms with Crippen LogP contribution in [0.2, 0.25) is 0 Å². The Morgan fingerprint density at radius 1 is 0.905 bits per heavy atom. The van der Waals surface area contributed by atoms with E-state index in [0.717, 1.165) is 31.9 Å². The lowest BCUT2D eigenvalue weighted by Gasteiger charge is -2.28. The van der Waals surface area contributed by atoms with Gasteiger partial charge >= 0.3 is 0 Å². The number of β-amino-alcohol motifs (C(OH)–C–C–N with tert-alkyl or cyclic N) is 1. The van der Waals surface area contributed by atoms with Crippen molar-refractivity contribution in [3.05, 3.63) is 60.2 Å². The zero-order valence-electron chi connectivity index (χ0n) is 12.1. The van der Waals surface area contributed by atoms with E-state index in [1.54, 1.807) is 0 Å². The molecule has 1 N–H and O–H groups in total. The molecule has 1 atom stereocenters. The van der Waals surface area contributed by atoms with Crippen LogP contribution < -0.4 is 0 Å².